The molecule has 1 saturated heterocycles. The van der Waals surface area contributed by atoms with Crippen LogP contribution >= 0.6 is 0 Å². The zero-order valence-corrected chi connectivity index (χ0v) is 23.7. The van der Waals surface area contributed by atoms with Crippen LogP contribution in [-0.4, -0.2) is 69.0 Å². The Balaban J connectivity index is 1.48. The zero-order chi connectivity index (χ0) is 30.5. The van der Waals surface area contributed by atoms with Gasteiger partial charge in [-0.2, -0.15) is 17.5 Å². The van der Waals surface area contributed by atoms with E-state index >= 15 is 0 Å². The molecule has 0 unspecified atom stereocenters. The minimum Gasteiger partial charge on any atom is -0.508 e. The maximum absolute atomic E-state index is 13.0. The third-order valence-corrected chi connectivity index (χ3v) is 8.63. The second-order valence-corrected chi connectivity index (χ2v) is 11.3. The smallest absolute Gasteiger partial charge is 0.416 e. The highest BCUT2D eigenvalue weighted by molar-refractivity contribution is 7.89. The van der Waals surface area contributed by atoms with Crippen molar-refractivity contribution in [2.24, 2.45) is 0 Å². The number of amides is 1. The summed E-state index contributed by atoms with van der Waals surface area (Å²) in [6, 6.07) is 13.5. The first-order valence-electron chi connectivity index (χ1n) is 12.8. The molecule has 3 aromatic carbocycles. The fourth-order valence-corrected chi connectivity index (χ4v) is 5.79. The van der Waals surface area contributed by atoms with Crippen molar-refractivity contribution in [2.45, 2.75) is 11.1 Å². The van der Waals surface area contributed by atoms with Gasteiger partial charge in [-0.15, -0.1) is 0 Å². The molecule has 222 valence electrons. The maximum Gasteiger partial charge on any atom is 0.416 e. The largest absolute Gasteiger partial charge is 0.508 e. The molecule has 1 heterocycles. The topological polar surface area (TPSA) is 96.4 Å². The minimum atomic E-state index is -4.57. The lowest BCUT2D eigenvalue weighted by Crippen LogP contribution is -2.50. The standard InChI is InChI=1S/C30H29F3N2O6S/c1-40-25-19-22(6-3-21-4-9-24(36)10-5-21)27(28(20-25)41-2)13-14-29(37)34-15-17-35(18-16-34)42(38,39)26-11-7-23(8-12-26)30(31,32)33/h3-14,19-20,36H,15-18H2,1-2H3/b6-3+,14-13+. The van der Waals surface area contributed by atoms with Crippen LogP contribution in [-0.2, 0) is 21.0 Å². The van der Waals surface area contributed by atoms with Gasteiger partial charge in [-0.05, 0) is 59.7 Å². The Bertz CT molecular complexity index is 1580. The summed E-state index contributed by atoms with van der Waals surface area (Å²) in [5, 5.41) is 9.52. The van der Waals surface area contributed by atoms with Crippen LogP contribution in [0.1, 0.15) is 22.3 Å². The first-order valence-corrected chi connectivity index (χ1v) is 14.2. The third kappa shape index (κ3) is 7.12. The van der Waals surface area contributed by atoms with E-state index in [2.05, 4.69) is 0 Å². The van der Waals surface area contributed by atoms with Crippen molar-refractivity contribution in [1.82, 2.24) is 9.21 Å². The molecule has 1 amide bonds. The molecule has 0 radical (unpaired) electrons. The number of carbonyl (C=O) groups excluding carboxylic acids is 1. The maximum atomic E-state index is 13.0. The number of rotatable bonds is 8. The summed E-state index contributed by atoms with van der Waals surface area (Å²) >= 11 is 0. The predicted octanol–water partition coefficient (Wildman–Crippen LogP) is 5.14. The third-order valence-electron chi connectivity index (χ3n) is 6.71. The molecule has 1 aliphatic rings. The quantitative estimate of drug-likeness (QED) is 0.283. The van der Waals surface area contributed by atoms with Crippen molar-refractivity contribution in [3.05, 3.63) is 89.0 Å². The number of aromatic hydroxyl groups is 1. The fourth-order valence-electron chi connectivity index (χ4n) is 4.37. The summed E-state index contributed by atoms with van der Waals surface area (Å²) in [4.78, 5) is 14.3. The van der Waals surface area contributed by atoms with Gasteiger partial charge in [0.2, 0.25) is 15.9 Å². The highest BCUT2D eigenvalue weighted by Crippen LogP contribution is 2.32. The summed E-state index contributed by atoms with van der Waals surface area (Å²) in [6.45, 7) is 0.206. The fraction of sp³-hybridized carbons (Fsp3) is 0.233. The van der Waals surface area contributed by atoms with E-state index in [1.807, 2.05) is 12.2 Å². The summed E-state index contributed by atoms with van der Waals surface area (Å²) in [6.07, 6.45) is 2.09. The molecule has 1 fully saturated rings. The number of hydrogen-bond donors (Lipinski definition) is 1. The van der Waals surface area contributed by atoms with E-state index in [9.17, 15) is 31.5 Å². The van der Waals surface area contributed by atoms with Crippen LogP contribution in [0.5, 0.6) is 17.2 Å². The van der Waals surface area contributed by atoms with Crippen molar-refractivity contribution in [1.29, 1.82) is 0 Å². The predicted molar refractivity (Wildman–Crippen MR) is 152 cm³/mol. The van der Waals surface area contributed by atoms with Crippen LogP contribution in [0.25, 0.3) is 18.2 Å². The molecule has 4 rings (SSSR count). The summed E-state index contributed by atoms with van der Waals surface area (Å²) in [5.74, 6) is 0.825. The lowest BCUT2D eigenvalue weighted by molar-refractivity contribution is -0.137. The van der Waals surface area contributed by atoms with Gasteiger partial charge in [-0.1, -0.05) is 24.3 Å². The average Bonchev–Trinajstić information content (AvgIpc) is 2.99. The highest BCUT2D eigenvalue weighted by Gasteiger charge is 2.33. The number of alkyl halides is 3. The summed E-state index contributed by atoms with van der Waals surface area (Å²) in [5.41, 5.74) is 1.22. The van der Waals surface area contributed by atoms with Crippen LogP contribution in [0.3, 0.4) is 0 Å². The van der Waals surface area contributed by atoms with Gasteiger partial charge in [0.15, 0.2) is 0 Å². The number of benzene rings is 3. The molecular weight excluding hydrogens is 573 g/mol. The number of piperazine rings is 1. The Morgan fingerprint density at radius 3 is 2.10 bits per heavy atom. The molecule has 0 spiro atoms. The molecule has 1 N–H and O–H groups in total. The van der Waals surface area contributed by atoms with Crippen LogP contribution in [0.4, 0.5) is 13.2 Å². The molecule has 0 aromatic heterocycles. The first-order chi connectivity index (χ1) is 19.9. The lowest BCUT2D eigenvalue weighted by atomic mass is 10.0. The number of phenolic OH excluding ortho intramolecular Hbond substituents is 1. The minimum absolute atomic E-state index is 0.00455. The Hall–Kier alpha value is -4.29. The molecule has 0 atom stereocenters. The molecule has 3 aromatic rings. The molecule has 0 bridgehead atoms. The van der Waals surface area contributed by atoms with Crippen LogP contribution in [0, 0.1) is 0 Å². The number of phenols is 1. The molecule has 12 heteroatoms. The van der Waals surface area contributed by atoms with Crippen molar-refractivity contribution in [3.63, 3.8) is 0 Å². The molecule has 42 heavy (non-hydrogen) atoms. The van der Waals surface area contributed by atoms with Gasteiger partial charge in [-0.3, -0.25) is 4.79 Å². The Morgan fingerprint density at radius 2 is 1.52 bits per heavy atom. The van der Waals surface area contributed by atoms with Gasteiger partial charge in [0.05, 0.1) is 24.7 Å². The second-order valence-electron chi connectivity index (χ2n) is 9.34. The molecular formula is C30H29F3N2O6S. The zero-order valence-electron chi connectivity index (χ0n) is 22.8. The SMILES string of the molecule is COc1cc(/C=C/c2ccc(O)cc2)c(/C=C/C(=O)N2CCN(S(=O)(=O)c3ccc(C(F)(F)F)cc3)CC2)c(OC)c1. The summed E-state index contributed by atoms with van der Waals surface area (Å²) in [7, 11) is -0.997. The van der Waals surface area contributed by atoms with Crippen LogP contribution in [0.2, 0.25) is 0 Å². The number of carbonyl (C=O) groups is 1. The van der Waals surface area contributed by atoms with Crippen molar-refractivity contribution < 1.29 is 41.0 Å². The number of nitrogens with zero attached hydrogens (tertiary/aromatic N) is 2. The average molecular weight is 603 g/mol. The number of hydrogen-bond acceptors (Lipinski definition) is 6. The first kappa shape index (κ1) is 30.7. The van der Waals surface area contributed by atoms with Crippen molar-refractivity contribution in [2.75, 3.05) is 40.4 Å². The van der Waals surface area contributed by atoms with E-state index in [1.54, 1.807) is 42.5 Å². The van der Waals surface area contributed by atoms with Gasteiger partial charge >= 0.3 is 6.18 Å². The van der Waals surface area contributed by atoms with Crippen molar-refractivity contribution in [3.8, 4) is 17.2 Å². The van der Waals surface area contributed by atoms with Gasteiger partial charge in [-0.25, -0.2) is 8.42 Å². The van der Waals surface area contributed by atoms with E-state index in [0.29, 0.717) is 22.6 Å². The number of halogens is 3. The van der Waals surface area contributed by atoms with Gasteiger partial charge in [0, 0.05) is 43.9 Å². The molecule has 0 aliphatic carbocycles. The van der Waals surface area contributed by atoms with E-state index in [-0.39, 0.29) is 42.7 Å². The van der Waals surface area contributed by atoms with Crippen LogP contribution in [0.15, 0.2) is 71.6 Å². The number of sulfonamides is 1. The second kappa shape index (κ2) is 12.7. The van der Waals surface area contributed by atoms with Gasteiger partial charge in [0.1, 0.15) is 17.2 Å². The normalized spacial score (nSPS) is 14.9. The Labute approximate surface area is 241 Å². The molecule has 1 aliphatic heterocycles. The Morgan fingerprint density at radius 1 is 0.881 bits per heavy atom. The van der Waals surface area contributed by atoms with Crippen LogP contribution < -0.4 is 9.47 Å². The number of ether oxygens (including phenoxy) is 2. The highest BCUT2D eigenvalue weighted by atomic mass is 32.2. The van der Waals surface area contributed by atoms with Gasteiger partial charge in [0.25, 0.3) is 0 Å². The van der Waals surface area contributed by atoms with Crippen molar-refractivity contribution >= 4 is 34.2 Å². The number of methoxy groups -OCH3 is 2. The Kier molecular flexibility index (Phi) is 9.27. The monoisotopic (exact) mass is 602 g/mol. The molecule has 0 saturated carbocycles. The van der Waals surface area contributed by atoms with E-state index in [4.69, 9.17) is 9.47 Å². The molecule has 8 nitrogen and oxygen atoms in total. The van der Waals surface area contributed by atoms with E-state index in [0.717, 1.165) is 34.1 Å². The van der Waals surface area contributed by atoms with E-state index < -0.39 is 21.8 Å². The van der Waals surface area contributed by atoms with E-state index in [1.165, 1.54) is 25.2 Å². The summed E-state index contributed by atoms with van der Waals surface area (Å²) < 4.78 is 76.6. The van der Waals surface area contributed by atoms with Gasteiger partial charge < -0.3 is 19.5 Å². The lowest BCUT2D eigenvalue weighted by Gasteiger charge is -2.33.